The average Bonchev–Trinajstić information content (AvgIpc) is 3.69. The minimum atomic E-state index is -4.48. The Balaban J connectivity index is 1.28. The number of alkyl halides is 3. The number of hydrogen-bond acceptors (Lipinski definition) is 6. The zero-order valence-corrected chi connectivity index (χ0v) is 21.0. The zero-order valence-electron chi connectivity index (χ0n) is 21.0. The standard InChI is InChI=1S/C28H26F3N5O2/c1-35-16-23(28(29,30)31)33-26(35)19-8-6-17(7-9-19)15-36-12-13-38-22-14-32-25(34-27(22)36)24-20(18-10-11-18)4-3-5-21(24)37-2/h3-9,14,16,18H,10-13,15H2,1-2H3. The highest BCUT2D eigenvalue weighted by Crippen LogP contribution is 2.47. The van der Waals surface area contributed by atoms with Gasteiger partial charge in [-0.25, -0.2) is 15.0 Å². The van der Waals surface area contributed by atoms with Crippen LogP contribution in [0, 0.1) is 0 Å². The Hall–Kier alpha value is -4.08. The number of methoxy groups -OCH3 is 1. The van der Waals surface area contributed by atoms with Crippen LogP contribution < -0.4 is 14.4 Å². The predicted octanol–water partition coefficient (Wildman–Crippen LogP) is 5.85. The van der Waals surface area contributed by atoms with E-state index in [4.69, 9.17) is 14.5 Å². The molecule has 0 saturated heterocycles. The third kappa shape index (κ3) is 4.55. The molecule has 2 aromatic heterocycles. The topological polar surface area (TPSA) is 65.3 Å². The smallest absolute Gasteiger partial charge is 0.434 e. The molecule has 7 nitrogen and oxygen atoms in total. The first-order valence-corrected chi connectivity index (χ1v) is 12.4. The summed E-state index contributed by atoms with van der Waals surface area (Å²) in [5.41, 5.74) is 2.82. The second-order valence-corrected chi connectivity index (χ2v) is 9.61. The lowest BCUT2D eigenvalue weighted by atomic mass is 10.0. The quantitative estimate of drug-likeness (QED) is 0.317. The minimum absolute atomic E-state index is 0.265. The number of nitrogens with zero attached hydrogens (tertiary/aromatic N) is 5. The van der Waals surface area contributed by atoms with Crippen molar-refractivity contribution in [3.05, 3.63) is 71.7 Å². The maximum Gasteiger partial charge on any atom is 0.434 e. The van der Waals surface area contributed by atoms with Crippen molar-refractivity contribution in [1.29, 1.82) is 0 Å². The average molecular weight is 522 g/mol. The summed E-state index contributed by atoms with van der Waals surface area (Å²) in [5.74, 6) is 3.43. The van der Waals surface area contributed by atoms with E-state index < -0.39 is 11.9 Å². The summed E-state index contributed by atoms with van der Waals surface area (Å²) in [7, 11) is 3.21. The largest absolute Gasteiger partial charge is 0.496 e. The van der Waals surface area contributed by atoms with E-state index in [1.54, 1.807) is 32.5 Å². The van der Waals surface area contributed by atoms with Crippen LogP contribution in [0.1, 0.15) is 35.6 Å². The van der Waals surface area contributed by atoms with Crippen molar-refractivity contribution in [2.24, 2.45) is 7.05 Å². The van der Waals surface area contributed by atoms with E-state index in [2.05, 4.69) is 20.9 Å². The number of rotatable bonds is 6. The normalized spacial score (nSPS) is 15.2. The molecular weight excluding hydrogens is 495 g/mol. The first-order valence-electron chi connectivity index (χ1n) is 12.4. The van der Waals surface area contributed by atoms with E-state index in [1.165, 1.54) is 10.1 Å². The molecule has 196 valence electrons. The molecule has 1 fully saturated rings. The Labute approximate surface area is 217 Å². The maximum atomic E-state index is 13.1. The van der Waals surface area contributed by atoms with Crippen LogP contribution in [0.5, 0.6) is 11.5 Å². The van der Waals surface area contributed by atoms with Crippen molar-refractivity contribution in [2.75, 3.05) is 25.2 Å². The molecule has 38 heavy (non-hydrogen) atoms. The molecule has 0 radical (unpaired) electrons. The van der Waals surface area contributed by atoms with Gasteiger partial charge in [0.2, 0.25) is 0 Å². The molecule has 3 heterocycles. The molecular formula is C28H26F3N5O2. The Morgan fingerprint density at radius 1 is 1.08 bits per heavy atom. The molecule has 1 saturated carbocycles. The Morgan fingerprint density at radius 2 is 1.87 bits per heavy atom. The van der Waals surface area contributed by atoms with Crippen LogP contribution in [0.4, 0.5) is 19.0 Å². The molecule has 0 spiro atoms. The van der Waals surface area contributed by atoms with Crippen LogP contribution in [-0.2, 0) is 19.8 Å². The van der Waals surface area contributed by atoms with Crippen molar-refractivity contribution >= 4 is 5.82 Å². The summed E-state index contributed by atoms with van der Waals surface area (Å²) in [4.78, 5) is 15.5. The zero-order chi connectivity index (χ0) is 26.4. The molecule has 10 heteroatoms. The number of hydrogen-bond donors (Lipinski definition) is 0. The van der Waals surface area contributed by atoms with E-state index in [9.17, 15) is 13.2 Å². The van der Waals surface area contributed by atoms with Crippen molar-refractivity contribution in [3.8, 4) is 34.3 Å². The molecule has 2 aliphatic rings. The number of aromatic nitrogens is 4. The van der Waals surface area contributed by atoms with E-state index in [-0.39, 0.29) is 5.82 Å². The van der Waals surface area contributed by atoms with E-state index >= 15 is 0 Å². The van der Waals surface area contributed by atoms with Crippen LogP contribution >= 0.6 is 0 Å². The maximum absolute atomic E-state index is 13.1. The summed E-state index contributed by atoms with van der Waals surface area (Å²) in [6, 6.07) is 13.4. The molecule has 0 bridgehead atoms. The van der Waals surface area contributed by atoms with E-state index in [0.29, 0.717) is 48.6 Å². The van der Waals surface area contributed by atoms with Crippen LogP contribution in [0.25, 0.3) is 22.8 Å². The lowest BCUT2D eigenvalue weighted by molar-refractivity contribution is -0.140. The molecule has 1 aliphatic carbocycles. The Morgan fingerprint density at radius 3 is 2.55 bits per heavy atom. The number of anilines is 1. The van der Waals surface area contributed by atoms with E-state index in [1.807, 2.05) is 24.3 Å². The first kappa shape index (κ1) is 24.3. The highest BCUT2D eigenvalue weighted by Gasteiger charge is 2.34. The number of imidazole rings is 1. The third-order valence-electron chi connectivity index (χ3n) is 6.93. The van der Waals surface area contributed by atoms with Gasteiger partial charge in [0.15, 0.2) is 23.1 Å². The van der Waals surface area contributed by atoms with Crippen LogP contribution in [0.3, 0.4) is 0 Å². The molecule has 1 aliphatic heterocycles. The van der Waals surface area contributed by atoms with Gasteiger partial charge >= 0.3 is 6.18 Å². The lowest BCUT2D eigenvalue weighted by Gasteiger charge is -2.30. The monoisotopic (exact) mass is 521 g/mol. The van der Waals surface area contributed by atoms with Gasteiger partial charge in [-0.3, -0.25) is 0 Å². The van der Waals surface area contributed by atoms with Gasteiger partial charge < -0.3 is 18.9 Å². The van der Waals surface area contributed by atoms with Gasteiger partial charge in [-0.15, -0.1) is 0 Å². The second kappa shape index (κ2) is 9.34. The SMILES string of the molecule is COc1cccc(C2CC2)c1-c1ncc2c(n1)N(Cc1ccc(-c3nc(C(F)(F)F)cn3C)cc1)CCO2. The number of fused-ring (bicyclic) bond motifs is 1. The van der Waals surface area contributed by atoms with Gasteiger partial charge in [-0.1, -0.05) is 36.4 Å². The minimum Gasteiger partial charge on any atom is -0.496 e. The first-order chi connectivity index (χ1) is 18.3. The third-order valence-corrected chi connectivity index (χ3v) is 6.93. The Kier molecular flexibility index (Phi) is 5.97. The molecule has 0 N–H and O–H groups in total. The van der Waals surface area contributed by atoms with Crippen LogP contribution in [0.2, 0.25) is 0 Å². The number of aryl methyl sites for hydroxylation is 1. The molecule has 0 amide bonds. The lowest BCUT2D eigenvalue weighted by Crippen LogP contribution is -2.33. The van der Waals surface area contributed by atoms with Crippen molar-refractivity contribution < 1.29 is 22.6 Å². The van der Waals surface area contributed by atoms with Crippen molar-refractivity contribution in [3.63, 3.8) is 0 Å². The van der Waals surface area contributed by atoms with Gasteiger partial charge in [0.25, 0.3) is 0 Å². The Bertz CT molecular complexity index is 1480. The molecule has 0 atom stereocenters. The predicted molar refractivity (Wildman–Crippen MR) is 136 cm³/mol. The highest BCUT2D eigenvalue weighted by atomic mass is 19.4. The second-order valence-electron chi connectivity index (χ2n) is 9.61. The van der Waals surface area contributed by atoms with Crippen LogP contribution in [-0.4, -0.2) is 39.8 Å². The summed E-state index contributed by atoms with van der Waals surface area (Å²) in [5, 5.41) is 0. The fourth-order valence-corrected chi connectivity index (χ4v) is 4.88. The van der Waals surface area contributed by atoms with Gasteiger partial charge in [0, 0.05) is 25.4 Å². The van der Waals surface area contributed by atoms with Gasteiger partial charge in [0.05, 0.1) is 25.4 Å². The van der Waals surface area contributed by atoms with E-state index in [0.717, 1.165) is 35.9 Å². The fourth-order valence-electron chi connectivity index (χ4n) is 4.88. The van der Waals surface area contributed by atoms with Crippen LogP contribution in [0.15, 0.2) is 54.9 Å². The van der Waals surface area contributed by atoms with Crippen molar-refractivity contribution in [2.45, 2.75) is 31.5 Å². The van der Waals surface area contributed by atoms with Gasteiger partial charge in [-0.05, 0) is 36.0 Å². The number of ether oxygens (including phenoxy) is 2. The molecule has 2 aromatic carbocycles. The summed E-state index contributed by atoms with van der Waals surface area (Å²) < 4.78 is 52.1. The van der Waals surface area contributed by atoms with Gasteiger partial charge in [-0.2, -0.15) is 13.2 Å². The summed E-state index contributed by atoms with van der Waals surface area (Å²) >= 11 is 0. The fraction of sp³-hybridized carbons (Fsp3) is 0.321. The van der Waals surface area contributed by atoms with Gasteiger partial charge in [0.1, 0.15) is 18.2 Å². The summed E-state index contributed by atoms with van der Waals surface area (Å²) in [6.07, 6.45) is 0.527. The number of benzene rings is 2. The molecule has 0 unspecified atom stereocenters. The molecule has 4 aromatic rings. The highest BCUT2D eigenvalue weighted by molar-refractivity contribution is 5.72. The molecule has 6 rings (SSSR count). The van der Waals surface area contributed by atoms with Crippen molar-refractivity contribution in [1.82, 2.24) is 19.5 Å². The summed E-state index contributed by atoms with van der Waals surface area (Å²) in [6.45, 7) is 1.70. The number of halogens is 3.